The van der Waals surface area contributed by atoms with Gasteiger partial charge in [0.1, 0.15) is 5.75 Å². The maximum atomic E-state index is 10.6. The van der Waals surface area contributed by atoms with Crippen LogP contribution in [0.3, 0.4) is 0 Å². The lowest BCUT2D eigenvalue weighted by molar-refractivity contribution is -0.125. The lowest BCUT2D eigenvalue weighted by Crippen LogP contribution is -2.43. The van der Waals surface area contributed by atoms with Gasteiger partial charge in [0.15, 0.2) is 0 Å². The molecule has 1 unspecified atom stereocenters. The van der Waals surface area contributed by atoms with Gasteiger partial charge in [0, 0.05) is 0 Å². The molecule has 0 bridgehead atoms. The standard InChI is InChI=1S/C6H13N3O2.C6H6O.C6H6/c1-2-9-4(6(8)11)3-5(7)10;7-6-4-2-1-3-5-6;1-2-4-6-5-3-1/h4,9H,2-3H2,1H3,(H2,7,10)(H2,8,11);1-5,7H;1-6H. The highest BCUT2D eigenvalue weighted by Gasteiger charge is 2.15. The first-order valence-corrected chi connectivity index (χ1v) is 7.52. The molecule has 0 aliphatic carbocycles. The number of nitrogens with one attached hydrogen (secondary N) is 1. The fourth-order valence-electron chi connectivity index (χ4n) is 1.53. The van der Waals surface area contributed by atoms with Gasteiger partial charge in [-0.15, -0.1) is 0 Å². The van der Waals surface area contributed by atoms with Crippen LogP contribution in [0.5, 0.6) is 5.75 Å². The molecule has 0 aliphatic rings. The molecule has 130 valence electrons. The summed E-state index contributed by atoms with van der Waals surface area (Å²) in [6.07, 6.45) is -0.0385. The van der Waals surface area contributed by atoms with Crippen molar-refractivity contribution in [3.8, 4) is 5.75 Å². The molecule has 0 radical (unpaired) electrons. The van der Waals surface area contributed by atoms with E-state index in [-0.39, 0.29) is 6.42 Å². The van der Waals surface area contributed by atoms with Crippen molar-refractivity contribution in [2.45, 2.75) is 19.4 Å². The Morgan fingerprint density at radius 3 is 1.62 bits per heavy atom. The van der Waals surface area contributed by atoms with Crippen LogP contribution < -0.4 is 16.8 Å². The highest BCUT2D eigenvalue weighted by molar-refractivity contribution is 5.86. The number of nitrogens with two attached hydrogens (primary N) is 2. The summed E-state index contributed by atoms with van der Waals surface area (Å²) in [5.74, 6) is -0.761. The Balaban J connectivity index is 0.000000348. The van der Waals surface area contributed by atoms with Crippen molar-refractivity contribution in [3.63, 3.8) is 0 Å². The van der Waals surface area contributed by atoms with E-state index in [1.807, 2.05) is 49.4 Å². The van der Waals surface area contributed by atoms with Gasteiger partial charge in [0.05, 0.1) is 12.5 Å². The van der Waals surface area contributed by atoms with E-state index in [9.17, 15) is 9.59 Å². The van der Waals surface area contributed by atoms with Crippen LogP contribution in [0, 0.1) is 0 Å². The molecule has 0 saturated heterocycles. The second-order valence-electron chi connectivity index (χ2n) is 4.67. The maximum Gasteiger partial charge on any atom is 0.235 e. The molecular formula is C18H25N3O3. The molecule has 6 nitrogen and oxygen atoms in total. The molecule has 0 heterocycles. The van der Waals surface area contributed by atoms with Gasteiger partial charge in [-0.25, -0.2) is 0 Å². The van der Waals surface area contributed by atoms with Crippen LogP contribution in [-0.4, -0.2) is 29.5 Å². The first-order chi connectivity index (χ1) is 11.5. The summed E-state index contributed by atoms with van der Waals surface area (Å²) in [5.41, 5.74) is 9.84. The SMILES string of the molecule is CCNC(CC(N)=O)C(N)=O.Oc1ccccc1.c1ccccc1. The Labute approximate surface area is 142 Å². The highest BCUT2D eigenvalue weighted by atomic mass is 16.3. The zero-order chi connectivity index (χ0) is 18.2. The van der Waals surface area contributed by atoms with Crippen LogP contribution in [0.1, 0.15) is 13.3 Å². The molecule has 0 aromatic heterocycles. The molecule has 0 saturated carbocycles. The predicted molar refractivity (Wildman–Crippen MR) is 95.0 cm³/mol. The lowest BCUT2D eigenvalue weighted by Gasteiger charge is -2.10. The van der Waals surface area contributed by atoms with E-state index in [0.717, 1.165) is 0 Å². The molecule has 2 aromatic rings. The second kappa shape index (κ2) is 13.8. The van der Waals surface area contributed by atoms with Gasteiger partial charge in [-0.3, -0.25) is 9.59 Å². The van der Waals surface area contributed by atoms with Crippen LogP contribution in [0.25, 0.3) is 0 Å². The predicted octanol–water partition coefficient (Wildman–Crippen LogP) is 1.40. The fraction of sp³-hybridized carbons (Fsp3) is 0.222. The second-order valence-corrected chi connectivity index (χ2v) is 4.67. The number of para-hydroxylation sites is 1. The van der Waals surface area contributed by atoms with Crippen molar-refractivity contribution < 1.29 is 14.7 Å². The van der Waals surface area contributed by atoms with Gasteiger partial charge in [-0.2, -0.15) is 0 Å². The number of aromatic hydroxyl groups is 1. The number of benzene rings is 2. The van der Waals surface area contributed by atoms with Crippen molar-refractivity contribution in [3.05, 3.63) is 66.7 Å². The van der Waals surface area contributed by atoms with E-state index < -0.39 is 17.9 Å². The first-order valence-electron chi connectivity index (χ1n) is 7.52. The molecule has 0 aliphatic heterocycles. The van der Waals surface area contributed by atoms with Gasteiger partial charge in [0.25, 0.3) is 0 Å². The number of carbonyl (C=O) groups is 2. The van der Waals surface area contributed by atoms with Crippen molar-refractivity contribution in [2.75, 3.05) is 6.54 Å². The molecule has 6 N–H and O–H groups in total. The highest BCUT2D eigenvalue weighted by Crippen LogP contribution is 2.02. The molecule has 2 amide bonds. The molecule has 24 heavy (non-hydrogen) atoms. The minimum atomic E-state index is -0.627. The van der Waals surface area contributed by atoms with E-state index in [4.69, 9.17) is 16.6 Å². The Morgan fingerprint density at radius 2 is 1.38 bits per heavy atom. The number of hydrogen-bond donors (Lipinski definition) is 4. The number of amides is 2. The van der Waals surface area contributed by atoms with Crippen LogP contribution in [0.15, 0.2) is 66.7 Å². The summed E-state index contributed by atoms with van der Waals surface area (Å²) < 4.78 is 0. The Bertz CT molecular complexity index is 536. The smallest absolute Gasteiger partial charge is 0.235 e. The van der Waals surface area contributed by atoms with Crippen LogP contribution in [-0.2, 0) is 9.59 Å². The monoisotopic (exact) mass is 331 g/mol. The summed E-state index contributed by atoms with van der Waals surface area (Å²) in [4.78, 5) is 20.9. The van der Waals surface area contributed by atoms with Gasteiger partial charge in [-0.05, 0) is 18.7 Å². The molecule has 2 rings (SSSR count). The largest absolute Gasteiger partial charge is 0.508 e. The number of rotatable bonds is 5. The van der Waals surface area contributed by atoms with Gasteiger partial charge >= 0.3 is 0 Å². The summed E-state index contributed by atoms with van der Waals surface area (Å²) in [6.45, 7) is 2.40. The molecule has 0 spiro atoms. The van der Waals surface area contributed by atoms with Crippen molar-refractivity contribution in [1.82, 2.24) is 5.32 Å². The van der Waals surface area contributed by atoms with Crippen molar-refractivity contribution in [2.24, 2.45) is 11.5 Å². The van der Waals surface area contributed by atoms with E-state index in [0.29, 0.717) is 12.3 Å². The number of likely N-dealkylation sites (N-methyl/N-ethyl adjacent to an activating group) is 1. The normalized spacial score (nSPS) is 10.2. The first kappa shape index (κ1) is 21.1. The molecule has 1 atom stereocenters. The van der Waals surface area contributed by atoms with E-state index in [1.54, 1.807) is 24.3 Å². The Morgan fingerprint density at radius 1 is 0.958 bits per heavy atom. The third-order valence-corrected chi connectivity index (χ3v) is 2.62. The zero-order valence-electron chi connectivity index (χ0n) is 13.8. The Kier molecular flexibility index (Phi) is 12.1. The number of hydrogen-bond acceptors (Lipinski definition) is 4. The van der Waals surface area contributed by atoms with Crippen LogP contribution in [0.2, 0.25) is 0 Å². The summed E-state index contributed by atoms with van der Waals surface area (Å²) in [6, 6.07) is 20.1. The molecule has 2 aromatic carbocycles. The number of primary amides is 2. The maximum absolute atomic E-state index is 10.6. The molecular weight excluding hydrogens is 306 g/mol. The topological polar surface area (TPSA) is 118 Å². The Hall–Kier alpha value is -2.86. The average Bonchev–Trinajstić information content (AvgIpc) is 2.57. The average molecular weight is 331 g/mol. The minimum absolute atomic E-state index is 0.0385. The summed E-state index contributed by atoms with van der Waals surface area (Å²) in [5, 5.41) is 11.4. The number of phenols is 1. The number of carbonyl (C=O) groups excluding carboxylic acids is 2. The molecule has 6 heteroatoms. The van der Waals surface area contributed by atoms with Crippen LogP contribution >= 0.6 is 0 Å². The third-order valence-electron chi connectivity index (χ3n) is 2.62. The lowest BCUT2D eigenvalue weighted by atomic mass is 10.2. The summed E-state index contributed by atoms with van der Waals surface area (Å²) >= 11 is 0. The van der Waals surface area contributed by atoms with Gasteiger partial charge in [-0.1, -0.05) is 61.5 Å². The zero-order valence-corrected chi connectivity index (χ0v) is 13.8. The van der Waals surface area contributed by atoms with E-state index >= 15 is 0 Å². The number of phenolic OH excluding ortho intramolecular Hbond substituents is 1. The third kappa shape index (κ3) is 12.8. The van der Waals surface area contributed by atoms with E-state index in [2.05, 4.69) is 5.32 Å². The van der Waals surface area contributed by atoms with Crippen LogP contribution in [0.4, 0.5) is 0 Å². The van der Waals surface area contributed by atoms with Crippen molar-refractivity contribution in [1.29, 1.82) is 0 Å². The van der Waals surface area contributed by atoms with E-state index in [1.165, 1.54) is 0 Å². The quantitative estimate of drug-likeness (QED) is 0.662. The fourth-order valence-corrected chi connectivity index (χ4v) is 1.53. The van der Waals surface area contributed by atoms with Gasteiger partial charge < -0.3 is 21.9 Å². The van der Waals surface area contributed by atoms with Gasteiger partial charge in [0.2, 0.25) is 11.8 Å². The summed E-state index contributed by atoms with van der Waals surface area (Å²) in [7, 11) is 0. The van der Waals surface area contributed by atoms with Crippen molar-refractivity contribution >= 4 is 11.8 Å². The minimum Gasteiger partial charge on any atom is -0.508 e. The molecule has 0 fully saturated rings.